The van der Waals surface area contributed by atoms with Gasteiger partial charge in [-0.2, -0.15) is 5.26 Å². The van der Waals surface area contributed by atoms with Crippen molar-refractivity contribution in [3.8, 4) is 11.8 Å². The van der Waals surface area contributed by atoms with E-state index < -0.39 is 0 Å². The number of carbonyl (C=O) groups excluding carboxylic acids is 1. The van der Waals surface area contributed by atoms with E-state index in [0.717, 1.165) is 54.5 Å². The molecular formula is C40H50BN7O4. The summed E-state index contributed by atoms with van der Waals surface area (Å²) in [4.78, 5) is 24.1. The number of aliphatic hydroxyl groups excluding tert-OH is 1. The maximum Gasteiger partial charge on any atom is 0.486 e. The summed E-state index contributed by atoms with van der Waals surface area (Å²) in [6.45, 7) is 16.0. The lowest BCUT2D eigenvalue weighted by molar-refractivity contribution is 0.00578. The van der Waals surface area contributed by atoms with Crippen molar-refractivity contribution >= 4 is 19.0 Å². The van der Waals surface area contributed by atoms with Gasteiger partial charge in [0.15, 0.2) is 5.78 Å². The lowest BCUT2D eigenvalue weighted by Crippen LogP contribution is -2.41. The molecule has 3 saturated heterocycles. The number of benzene rings is 1. The number of hydrogen-bond acceptors (Lipinski definition) is 8. The van der Waals surface area contributed by atoms with Crippen molar-refractivity contribution in [1.29, 1.82) is 5.26 Å². The fourth-order valence-corrected chi connectivity index (χ4v) is 7.36. The van der Waals surface area contributed by atoms with E-state index in [2.05, 4.69) is 74.5 Å². The van der Waals surface area contributed by atoms with E-state index in [9.17, 15) is 15.2 Å². The van der Waals surface area contributed by atoms with Gasteiger partial charge in [-0.3, -0.25) is 9.69 Å². The lowest BCUT2D eigenvalue weighted by Gasteiger charge is -2.32. The van der Waals surface area contributed by atoms with Crippen molar-refractivity contribution in [2.75, 3.05) is 6.54 Å². The summed E-state index contributed by atoms with van der Waals surface area (Å²) in [6.07, 6.45) is 16.1. The number of hydrogen-bond donors (Lipinski definition) is 1. The summed E-state index contributed by atoms with van der Waals surface area (Å²) in [6, 6.07) is 11.9. The predicted octanol–water partition coefficient (Wildman–Crippen LogP) is 6.04. The van der Waals surface area contributed by atoms with Gasteiger partial charge in [0.05, 0.1) is 35.5 Å². The molecule has 11 nitrogen and oxygen atoms in total. The molecule has 0 amide bonds. The molecule has 0 aliphatic carbocycles. The Morgan fingerprint density at radius 2 is 1.60 bits per heavy atom. The van der Waals surface area contributed by atoms with Crippen LogP contribution in [-0.2, 0) is 22.4 Å². The van der Waals surface area contributed by atoms with Crippen molar-refractivity contribution in [3.63, 3.8) is 0 Å². The molecule has 0 radical (unpaired) electrons. The van der Waals surface area contributed by atoms with Crippen LogP contribution in [0.5, 0.6) is 0 Å². The highest BCUT2D eigenvalue weighted by Crippen LogP contribution is 2.38. The number of aromatic nitrogens is 5. The predicted molar refractivity (Wildman–Crippen MR) is 202 cm³/mol. The number of Topliss-reactive ketones (excluding diaryl/α,β-unsaturated/α-hetero) is 1. The number of nitrogens with zero attached hydrogens (tertiary/aromatic N) is 7. The molecule has 12 heteroatoms. The van der Waals surface area contributed by atoms with Gasteiger partial charge < -0.3 is 28.1 Å². The second kappa shape index (κ2) is 15.2. The van der Waals surface area contributed by atoms with E-state index in [1.807, 2.05) is 63.4 Å². The number of nitriles is 1. The largest absolute Gasteiger partial charge is 0.486 e. The highest BCUT2D eigenvalue weighted by molar-refractivity contribution is 6.51. The van der Waals surface area contributed by atoms with Gasteiger partial charge in [0.1, 0.15) is 11.6 Å². The Balaban J connectivity index is 0.000000217. The molecule has 2 unspecified atom stereocenters. The smallest absolute Gasteiger partial charge is 0.400 e. The van der Waals surface area contributed by atoms with Crippen molar-refractivity contribution in [1.82, 2.24) is 28.6 Å². The van der Waals surface area contributed by atoms with Crippen LogP contribution >= 0.6 is 0 Å². The number of ketones is 1. The van der Waals surface area contributed by atoms with Gasteiger partial charge in [0.2, 0.25) is 0 Å². The van der Waals surface area contributed by atoms with Crippen LogP contribution in [0.1, 0.15) is 85.9 Å². The van der Waals surface area contributed by atoms with Crippen molar-refractivity contribution in [3.05, 3.63) is 107 Å². The summed E-state index contributed by atoms with van der Waals surface area (Å²) in [5.74, 6) is 4.00. The van der Waals surface area contributed by atoms with Crippen LogP contribution < -0.4 is 0 Å². The highest BCUT2D eigenvalue weighted by atomic mass is 16.7. The van der Waals surface area contributed by atoms with Crippen LogP contribution in [0.15, 0.2) is 73.2 Å². The van der Waals surface area contributed by atoms with Gasteiger partial charge in [0.25, 0.3) is 0 Å². The van der Waals surface area contributed by atoms with Gasteiger partial charge in [-0.1, -0.05) is 18.1 Å². The minimum absolute atomic E-state index is 0.0796. The minimum atomic E-state index is -0.318. The third kappa shape index (κ3) is 7.78. The normalized spacial score (nSPS) is 22.0. The van der Waals surface area contributed by atoms with Crippen molar-refractivity contribution in [2.45, 2.75) is 110 Å². The van der Waals surface area contributed by atoms with E-state index in [1.165, 1.54) is 0 Å². The minimum Gasteiger partial charge on any atom is -0.400 e. The van der Waals surface area contributed by atoms with E-state index >= 15 is 0 Å². The third-order valence-corrected chi connectivity index (χ3v) is 11.1. The third-order valence-electron chi connectivity index (χ3n) is 11.1. The zero-order valence-electron chi connectivity index (χ0n) is 31.4. The van der Waals surface area contributed by atoms with E-state index in [-0.39, 0.29) is 36.2 Å². The molecule has 4 aromatic rings. The number of carbonyl (C=O) groups is 1. The summed E-state index contributed by atoms with van der Waals surface area (Å²) < 4.78 is 18.0. The molecule has 3 fully saturated rings. The summed E-state index contributed by atoms with van der Waals surface area (Å²) in [5.41, 5.74) is 3.45. The monoisotopic (exact) mass is 703 g/mol. The van der Waals surface area contributed by atoms with Crippen LogP contribution in [0.4, 0.5) is 0 Å². The van der Waals surface area contributed by atoms with Crippen molar-refractivity contribution in [2.24, 2.45) is 0 Å². The second-order valence-electron chi connectivity index (χ2n) is 15.0. The fraction of sp³-hybridized carbons (Fsp3) is 0.450. The Labute approximate surface area is 307 Å². The van der Waals surface area contributed by atoms with Crippen molar-refractivity contribution < 1.29 is 19.2 Å². The SMILES string of the molecule is Cc1nccn1C/C=C/B1OC(C)(C)C(C)(C)O1.Cc1nccn1C/C=C/c1cc(C(=O)CN2C3CCC2[C@@H](O)C3)c(C)n1-c1ccc(C#N)cc1. The molecule has 52 heavy (non-hydrogen) atoms. The van der Waals surface area contributed by atoms with Gasteiger partial charge >= 0.3 is 7.12 Å². The van der Waals surface area contributed by atoms with E-state index in [1.54, 1.807) is 24.5 Å². The molecule has 3 aromatic heterocycles. The maximum atomic E-state index is 13.4. The number of imidazole rings is 2. The van der Waals surface area contributed by atoms with Crippen LogP contribution in [0.3, 0.4) is 0 Å². The Morgan fingerprint density at radius 1 is 0.981 bits per heavy atom. The van der Waals surface area contributed by atoms with E-state index in [4.69, 9.17) is 9.31 Å². The number of rotatable bonds is 10. The molecule has 0 spiro atoms. The van der Waals surface area contributed by atoms with E-state index in [0.29, 0.717) is 30.3 Å². The molecule has 1 N–H and O–H groups in total. The second-order valence-corrected chi connectivity index (χ2v) is 15.0. The number of fused-ring (bicyclic) bond motifs is 2. The van der Waals surface area contributed by atoms with Crippen LogP contribution in [-0.4, -0.2) is 82.5 Å². The first-order valence-corrected chi connectivity index (χ1v) is 18.1. The highest BCUT2D eigenvalue weighted by Gasteiger charge is 2.50. The quantitative estimate of drug-likeness (QED) is 0.157. The number of aliphatic hydroxyl groups is 1. The van der Waals surface area contributed by atoms with Crippen LogP contribution in [0.2, 0.25) is 0 Å². The van der Waals surface area contributed by atoms with Crippen LogP contribution in [0.25, 0.3) is 11.8 Å². The number of aryl methyl sites for hydroxylation is 2. The zero-order valence-corrected chi connectivity index (χ0v) is 31.4. The van der Waals surface area contributed by atoms with Gasteiger partial charge in [-0.15, -0.1) is 0 Å². The number of allylic oxidation sites excluding steroid dienone is 2. The Kier molecular flexibility index (Phi) is 10.9. The summed E-state index contributed by atoms with van der Waals surface area (Å²) in [5, 5.41) is 19.4. The molecule has 272 valence electrons. The molecule has 3 aliphatic heterocycles. The molecule has 7 rings (SSSR count). The molecule has 0 saturated carbocycles. The molecule has 6 heterocycles. The molecule has 3 atom stereocenters. The fourth-order valence-electron chi connectivity index (χ4n) is 7.36. The standard InChI is InChI=1S/C27H29N5O2.C13H21BN2O2/c1-18-24(27(34)17-31-22-9-10-25(31)26(33)15-22)14-23(4-3-12-30-13-11-29-19(30)2)32(18)21-7-5-20(16-28)6-8-21;1-11-15-8-10-16(11)9-6-7-14-17-12(2,3)13(4,5)18-14/h3-8,11,13-14,22,25-26,33H,9-10,12,15,17H2,1-2H3;6-8,10H,9H2,1-5H3/b4-3+;7-6+/t22?,25?,26-;/m0./s1. The van der Waals surface area contributed by atoms with Crippen LogP contribution in [0, 0.1) is 32.1 Å². The zero-order chi connectivity index (χ0) is 37.2. The summed E-state index contributed by atoms with van der Waals surface area (Å²) >= 11 is 0. The average Bonchev–Trinajstić information content (AvgIpc) is 3.95. The molecule has 1 aromatic carbocycles. The Morgan fingerprint density at radius 3 is 2.12 bits per heavy atom. The van der Waals surface area contributed by atoms with Gasteiger partial charge in [-0.05, 0) is 104 Å². The average molecular weight is 704 g/mol. The van der Waals surface area contributed by atoms with Gasteiger partial charge in [-0.25, -0.2) is 9.97 Å². The maximum absolute atomic E-state index is 13.4. The molecule has 3 aliphatic rings. The first-order valence-electron chi connectivity index (χ1n) is 18.1. The topological polar surface area (TPSA) is 123 Å². The summed E-state index contributed by atoms with van der Waals surface area (Å²) in [7, 11) is -0.265. The Hall–Kier alpha value is -4.54. The lowest BCUT2D eigenvalue weighted by atomic mass is 9.90. The Bertz CT molecular complexity index is 1960. The molecular weight excluding hydrogens is 653 g/mol. The first-order chi connectivity index (χ1) is 24.8. The molecule has 2 bridgehead atoms. The first kappa shape index (κ1) is 37.2. The van der Waals surface area contributed by atoms with Gasteiger partial charge in [0, 0.05) is 72.6 Å².